The fraction of sp³-hybridized carbons (Fsp3) is 0.800. The van der Waals surface area contributed by atoms with Crippen LogP contribution >= 0.6 is 11.8 Å². The van der Waals surface area contributed by atoms with E-state index >= 15 is 0 Å². The van der Waals surface area contributed by atoms with Gasteiger partial charge < -0.3 is 4.74 Å². The van der Waals surface area contributed by atoms with Gasteiger partial charge in [-0.05, 0) is 0 Å². The van der Waals surface area contributed by atoms with Crippen LogP contribution in [0.5, 0.6) is 0 Å². The summed E-state index contributed by atoms with van der Waals surface area (Å²) in [5.74, 6) is 2.28. The molecule has 3 heteroatoms. The van der Waals surface area contributed by atoms with Crippen molar-refractivity contribution in [1.29, 1.82) is 0 Å². The van der Waals surface area contributed by atoms with Crippen molar-refractivity contribution < 1.29 is 4.74 Å². The van der Waals surface area contributed by atoms with Gasteiger partial charge in [0, 0.05) is 11.5 Å². The van der Waals surface area contributed by atoms with E-state index in [1.54, 1.807) is 6.40 Å². The molecule has 0 radical (unpaired) electrons. The largest absolute Gasteiger partial charge is 0.477 e. The third-order valence-corrected chi connectivity index (χ3v) is 2.63. The number of thioether (sulfide) groups is 1. The Morgan fingerprint density at radius 3 is 3.50 bits per heavy atom. The number of nitrogens with zero attached hydrogens (tertiary/aromatic N) is 1. The molecular formula is C5H7NOS. The second kappa shape index (κ2) is 1.65. The normalized spacial score (nSPS) is 42.0. The molecule has 2 heterocycles. The Morgan fingerprint density at radius 2 is 2.62 bits per heavy atom. The van der Waals surface area contributed by atoms with Gasteiger partial charge >= 0.3 is 0 Å². The molecule has 0 aromatic heterocycles. The highest BCUT2D eigenvalue weighted by Crippen LogP contribution is 2.25. The van der Waals surface area contributed by atoms with Gasteiger partial charge in [-0.15, -0.1) is 0 Å². The molecule has 2 nitrogen and oxygen atoms in total. The molecule has 0 aliphatic carbocycles. The Morgan fingerprint density at radius 1 is 1.62 bits per heavy atom. The van der Waals surface area contributed by atoms with Gasteiger partial charge in [0.1, 0.15) is 6.10 Å². The summed E-state index contributed by atoms with van der Waals surface area (Å²) in [5.41, 5.74) is 0. The molecule has 2 atom stereocenters. The molecule has 2 aliphatic rings. The molecule has 8 heavy (non-hydrogen) atoms. The third kappa shape index (κ3) is 0.540. The SMILES string of the molecule is C1=NC2CSCC2O1. The maximum absolute atomic E-state index is 5.16. The van der Waals surface area contributed by atoms with Crippen LogP contribution in [0.15, 0.2) is 4.99 Å². The topological polar surface area (TPSA) is 21.6 Å². The first-order valence-corrected chi connectivity index (χ1v) is 3.87. The van der Waals surface area contributed by atoms with Crippen LogP contribution in [0.1, 0.15) is 0 Å². The first-order valence-electron chi connectivity index (χ1n) is 2.71. The van der Waals surface area contributed by atoms with Crippen LogP contribution in [-0.2, 0) is 4.74 Å². The van der Waals surface area contributed by atoms with Gasteiger partial charge in [0.05, 0.1) is 6.04 Å². The van der Waals surface area contributed by atoms with Crippen molar-refractivity contribution in [2.24, 2.45) is 4.99 Å². The summed E-state index contributed by atoms with van der Waals surface area (Å²) in [6.07, 6.45) is 2.01. The van der Waals surface area contributed by atoms with Crippen LogP contribution in [0.3, 0.4) is 0 Å². The molecule has 1 fully saturated rings. The number of ether oxygens (including phenoxy) is 1. The highest BCUT2D eigenvalue weighted by Gasteiger charge is 2.31. The molecule has 2 aliphatic heterocycles. The molecule has 0 spiro atoms. The lowest BCUT2D eigenvalue weighted by Crippen LogP contribution is -2.18. The standard InChI is InChI=1S/C5H7NOS/c1-4-5(2-8-1)7-3-6-4/h3-5H,1-2H2. The Balaban J connectivity index is 2.13. The summed E-state index contributed by atoms with van der Waals surface area (Å²) in [4.78, 5) is 4.13. The third-order valence-electron chi connectivity index (χ3n) is 1.49. The smallest absolute Gasteiger partial charge is 0.170 e. The first-order chi connectivity index (χ1) is 3.97. The second-order valence-corrected chi connectivity index (χ2v) is 3.11. The summed E-state index contributed by atoms with van der Waals surface area (Å²) in [6.45, 7) is 0. The highest BCUT2D eigenvalue weighted by atomic mass is 32.2. The Hall–Kier alpha value is -0.180. The molecular weight excluding hydrogens is 122 g/mol. The fourth-order valence-corrected chi connectivity index (χ4v) is 2.20. The van der Waals surface area contributed by atoms with Gasteiger partial charge in [0.2, 0.25) is 0 Å². The molecule has 44 valence electrons. The van der Waals surface area contributed by atoms with Crippen LogP contribution in [0.25, 0.3) is 0 Å². The second-order valence-electron chi connectivity index (χ2n) is 2.03. The predicted molar refractivity (Wildman–Crippen MR) is 34.5 cm³/mol. The summed E-state index contributed by atoms with van der Waals surface area (Å²) in [5, 5.41) is 0. The molecule has 2 unspecified atom stereocenters. The van der Waals surface area contributed by atoms with E-state index in [4.69, 9.17) is 4.74 Å². The zero-order valence-corrected chi connectivity index (χ0v) is 5.23. The Kier molecular flexibility index (Phi) is 0.966. The fourth-order valence-electron chi connectivity index (χ4n) is 0.984. The van der Waals surface area contributed by atoms with Crippen LogP contribution in [0, 0.1) is 0 Å². The number of rotatable bonds is 0. The number of aliphatic imine (C=N–C) groups is 1. The summed E-state index contributed by atoms with van der Waals surface area (Å²) >= 11 is 1.93. The minimum atomic E-state index is 0.417. The summed E-state index contributed by atoms with van der Waals surface area (Å²) in [6, 6.07) is 0.486. The van der Waals surface area contributed by atoms with E-state index in [9.17, 15) is 0 Å². The predicted octanol–water partition coefficient (Wildman–Crippen LogP) is 0.529. The van der Waals surface area contributed by atoms with Crippen molar-refractivity contribution in [3.63, 3.8) is 0 Å². The van der Waals surface area contributed by atoms with Gasteiger partial charge in [-0.2, -0.15) is 11.8 Å². The van der Waals surface area contributed by atoms with E-state index in [2.05, 4.69) is 4.99 Å². The van der Waals surface area contributed by atoms with E-state index in [1.807, 2.05) is 11.8 Å². The molecule has 0 N–H and O–H groups in total. The monoisotopic (exact) mass is 129 g/mol. The van der Waals surface area contributed by atoms with E-state index in [1.165, 1.54) is 0 Å². The van der Waals surface area contributed by atoms with E-state index < -0.39 is 0 Å². The first kappa shape index (κ1) is 4.68. The van der Waals surface area contributed by atoms with Gasteiger partial charge in [-0.25, -0.2) is 0 Å². The molecule has 1 saturated heterocycles. The molecule has 0 aromatic rings. The average Bonchev–Trinajstić information content (AvgIpc) is 2.15. The minimum absolute atomic E-state index is 0.417. The molecule has 0 aromatic carbocycles. The van der Waals surface area contributed by atoms with Gasteiger partial charge in [0.25, 0.3) is 0 Å². The minimum Gasteiger partial charge on any atom is -0.477 e. The van der Waals surface area contributed by atoms with E-state index in [0.717, 1.165) is 11.5 Å². The Bertz CT molecular complexity index is 126. The lowest BCUT2D eigenvalue weighted by Gasteiger charge is -2.02. The number of hydrogen-bond acceptors (Lipinski definition) is 3. The van der Waals surface area contributed by atoms with Crippen molar-refractivity contribution in [2.45, 2.75) is 12.1 Å². The lowest BCUT2D eigenvalue weighted by atomic mass is 10.2. The van der Waals surface area contributed by atoms with Crippen molar-refractivity contribution in [2.75, 3.05) is 11.5 Å². The summed E-state index contributed by atoms with van der Waals surface area (Å²) < 4.78 is 5.16. The van der Waals surface area contributed by atoms with Crippen LogP contribution in [0.4, 0.5) is 0 Å². The maximum Gasteiger partial charge on any atom is 0.170 e. The molecule has 0 saturated carbocycles. The summed E-state index contributed by atoms with van der Waals surface area (Å²) in [7, 11) is 0. The van der Waals surface area contributed by atoms with Crippen LogP contribution in [-0.4, -0.2) is 30.1 Å². The number of fused-ring (bicyclic) bond motifs is 1. The van der Waals surface area contributed by atoms with Crippen LogP contribution in [0.2, 0.25) is 0 Å². The van der Waals surface area contributed by atoms with Gasteiger partial charge in [0.15, 0.2) is 6.40 Å². The van der Waals surface area contributed by atoms with E-state index in [0.29, 0.717) is 12.1 Å². The van der Waals surface area contributed by atoms with Crippen molar-refractivity contribution in [1.82, 2.24) is 0 Å². The zero-order valence-electron chi connectivity index (χ0n) is 4.41. The van der Waals surface area contributed by atoms with Crippen molar-refractivity contribution >= 4 is 18.2 Å². The maximum atomic E-state index is 5.16. The van der Waals surface area contributed by atoms with Crippen molar-refractivity contribution in [3.8, 4) is 0 Å². The average molecular weight is 129 g/mol. The van der Waals surface area contributed by atoms with Gasteiger partial charge in [-0.1, -0.05) is 0 Å². The van der Waals surface area contributed by atoms with Crippen LogP contribution < -0.4 is 0 Å². The lowest BCUT2D eigenvalue weighted by molar-refractivity contribution is 0.240. The molecule has 2 rings (SSSR count). The highest BCUT2D eigenvalue weighted by molar-refractivity contribution is 7.99. The zero-order chi connectivity index (χ0) is 5.40. The molecule has 0 bridgehead atoms. The van der Waals surface area contributed by atoms with Gasteiger partial charge in [-0.3, -0.25) is 4.99 Å². The number of hydrogen-bond donors (Lipinski definition) is 0. The van der Waals surface area contributed by atoms with E-state index in [-0.39, 0.29) is 0 Å². The Labute approximate surface area is 52.3 Å². The molecule has 0 amide bonds. The van der Waals surface area contributed by atoms with Crippen molar-refractivity contribution in [3.05, 3.63) is 0 Å². The quantitative estimate of drug-likeness (QED) is 0.476.